The van der Waals surface area contributed by atoms with Crippen molar-refractivity contribution in [2.24, 2.45) is 0 Å². The van der Waals surface area contributed by atoms with Gasteiger partial charge in [0.15, 0.2) is 11.6 Å². The molecule has 0 aliphatic carbocycles. The first-order chi connectivity index (χ1) is 14.2. The highest BCUT2D eigenvalue weighted by Gasteiger charge is 2.22. The van der Waals surface area contributed by atoms with Gasteiger partial charge in [-0.15, -0.1) is 10.2 Å². The second kappa shape index (κ2) is 7.29. The molecule has 0 atom stereocenters. The molecule has 1 fully saturated rings. The summed E-state index contributed by atoms with van der Waals surface area (Å²) in [6, 6.07) is 11.2. The Kier molecular flexibility index (Phi) is 4.48. The van der Waals surface area contributed by atoms with Crippen LogP contribution in [0.4, 0.5) is 10.2 Å². The molecule has 7 nitrogen and oxygen atoms in total. The van der Waals surface area contributed by atoms with E-state index in [1.807, 2.05) is 24.3 Å². The lowest BCUT2D eigenvalue weighted by Crippen LogP contribution is -2.35. The fourth-order valence-corrected chi connectivity index (χ4v) is 4.01. The van der Waals surface area contributed by atoms with Crippen molar-refractivity contribution in [1.82, 2.24) is 24.3 Å². The van der Waals surface area contributed by atoms with E-state index in [1.54, 1.807) is 23.2 Å². The number of piperidine rings is 1. The fraction of sp³-hybridized carbons (Fsp3) is 0.286. The zero-order chi connectivity index (χ0) is 19.8. The Morgan fingerprint density at radius 3 is 2.55 bits per heavy atom. The summed E-state index contributed by atoms with van der Waals surface area (Å²) in [7, 11) is 0. The molecule has 4 aromatic rings. The van der Waals surface area contributed by atoms with Gasteiger partial charge in [0.2, 0.25) is 0 Å². The van der Waals surface area contributed by atoms with Crippen molar-refractivity contribution < 1.29 is 9.50 Å². The molecule has 29 heavy (non-hydrogen) atoms. The number of aliphatic hydroxyl groups excluding tert-OH is 1. The normalized spacial score (nSPS) is 15.3. The lowest BCUT2D eigenvalue weighted by molar-refractivity contribution is 0.277. The first kappa shape index (κ1) is 17.8. The van der Waals surface area contributed by atoms with Crippen molar-refractivity contribution in [2.75, 3.05) is 18.0 Å². The Balaban J connectivity index is 1.28. The topological polar surface area (TPSA) is 72.0 Å². The SMILES string of the molecule is OCc1cn(-c2ccc(N3CCC(n4ccc5ccc(F)cc54)CC3)nn2)cn1. The number of aliphatic hydroxyl groups is 1. The average molecular weight is 392 g/mol. The number of benzene rings is 1. The van der Waals surface area contributed by atoms with Gasteiger partial charge in [0.25, 0.3) is 0 Å². The molecule has 0 radical (unpaired) electrons. The summed E-state index contributed by atoms with van der Waals surface area (Å²) in [5.74, 6) is 1.31. The Morgan fingerprint density at radius 1 is 1.03 bits per heavy atom. The molecule has 3 aromatic heterocycles. The molecule has 148 valence electrons. The number of anilines is 1. The first-order valence-electron chi connectivity index (χ1n) is 9.70. The predicted molar refractivity (Wildman–Crippen MR) is 107 cm³/mol. The number of fused-ring (bicyclic) bond motifs is 1. The van der Waals surface area contributed by atoms with Crippen molar-refractivity contribution in [3.63, 3.8) is 0 Å². The van der Waals surface area contributed by atoms with Gasteiger partial charge in [-0.3, -0.25) is 4.57 Å². The van der Waals surface area contributed by atoms with Gasteiger partial charge >= 0.3 is 0 Å². The molecule has 5 rings (SSSR count). The second-order valence-corrected chi connectivity index (χ2v) is 7.32. The monoisotopic (exact) mass is 392 g/mol. The van der Waals surface area contributed by atoms with Gasteiger partial charge in [-0.25, -0.2) is 9.37 Å². The number of hydrogen-bond donors (Lipinski definition) is 1. The number of halogens is 1. The van der Waals surface area contributed by atoms with Crippen LogP contribution in [0.5, 0.6) is 0 Å². The van der Waals surface area contributed by atoms with E-state index in [4.69, 9.17) is 5.11 Å². The molecule has 0 spiro atoms. The van der Waals surface area contributed by atoms with Gasteiger partial charge in [0, 0.05) is 31.5 Å². The largest absolute Gasteiger partial charge is 0.390 e. The number of hydrogen-bond acceptors (Lipinski definition) is 5. The van der Waals surface area contributed by atoms with E-state index in [0.717, 1.165) is 42.7 Å². The minimum absolute atomic E-state index is 0.100. The third-order valence-corrected chi connectivity index (χ3v) is 5.57. The maximum Gasteiger partial charge on any atom is 0.160 e. The van der Waals surface area contributed by atoms with Gasteiger partial charge in [0.05, 0.1) is 17.8 Å². The fourth-order valence-electron chi connectivity index (χ4n) is 4.01. The highest BCUT2D eigenvalue weighted by Crippen LogP contribution is 2.29. The maximum absolute atomic E-state index is 13.7. The summed E-state index contributed by atoms with van der Waals surface area (Å²) in [6.45, 7) is 1.64. The van der Waals surface area contributed by atoms with Gasteiger partial charge < -0.3 is 14.6 Å². The molecule has 8 heteroatoms. The van der Waals surface area contributed by atoms with Crippen LogP contribution in [0, 0.1) is 5.82 Å². The van der Waals surface area contributed by atoms with Gasteiger partial charge in [0.1, 0.15) is 12.1 Å². The summed E-state index contributed by atoms with van der Waals surface area (Å²) in [5.41, 5.74) is 1.55. The maximum atomic E-state index is 13.7. The van der Waals surface area contributed by atoms with Crippen LogP contribution in [0.25, 0.3) is 16.7 Å². The van der Waals surface area contributed by atoms with Crippen LogP contribution in [0.1, 0.15) is 24.6 Å². The van der Waals surface area contributed by atoms with Crippen molar-refractivity contribution >= 4 is 16.7 Å². The third kappa shape index (κ3) is 3.36. The Morgan fingerprint density at radius 2 is 1.83 bits per heavy atom. The molecule has 1 aliphatic heterocycles. The smallest absolute Gasteiger partial charge is 0.160 e. The molecule has 1 aliphatic rings. The molecular formula is C21H21FN6O. The Hall–Kier alpha value is -3.26. The van der Waals surface area contributed by atoms with Crippen LogP contribution >= 0.6 is 0 Å². The van der Waals surface area contributed by atoms with Crippen LogP contribution in [0.3, 0.4) is 0 Å². The third-order valence-electron chi connectivity index (χ3n) is 5.57. The van der Waals surface area contributed by atoms with E-state index in [0.29, 0.717) is 17.6 Å². The minimum atomic E-state index is -0.200. The molecule has 4 heterocycles. The molecule has 0 amide bonds. The molecule has 0 bridgehead atoms. The van der Waals surface area contributed by atoms with E-state index in [2.05, 4.69) is 30.8 Å². The highest BCUT2D eigenvalue weighted by molar-refractivity contribution is 5.80. The van der Waals surface area contributed by atoms with Crippen LogP contribution in [0.2, 0.25) is 0 Å². The van der Waals surface area contributed by atoms with Crippen molar-refractivity contribution in [3.8, 4) is 5.82 Å². The molecule has 0 unspecified atom stereocenters. The van der Waals surface area contributed by atoms with Crippen LogP contribution in [-0.4, -0.2) is 42.5 Å². The Bertz CT molecular complexity index is 1130. The summed E-state index contributed by atoms with van der Waals surface area (Å²) in [5, 5.41) is 18.9. The van der Waals surface area contributed by atoms with E-state index >= 15 is 0 Å². The van der Waals surface area contributed by atoms with Crippen LogP contribution in [-0.2, 0) is 6.61 Å². The lowest BCUT2D eigenvalue weighted by Gasteiger charge is -2.33. The average Bonchev–Trinajstić information content (AvgIpc) is 3.41. The van der Waals surface area contributed by atoms with Crippen molar-refractivity contribution in [3.05, 3.63) is 66.6 Å². The van der Waals surface area contributed by atoms with E-state index < -0.39 is 0 Å². The number of nitrogens with zero attached hydrogens (tertiary/aromatic N) is 6. The van der Waals surface area contributed by atoms with Crippen LogP contribution < -0.4 is 4.90 Å². The van der Waals surface area contributed by atoms with Gasteiger partial charge in [-0.05, 0) is 54.6 Å². The molecule has 1 N–H and O–H groups in total. The number of rotatable bonds is 4. The van der Waals surface area contributed by atoms with E-state index in [-0.39, 0.29) is 12.4 Å². The van der Waals surface area contributed by atoms with E-state index in [9.17, 15) is 4.39 Å². The molecule has 1 aromatic carbocycles. The summed E-state index contributed by atoms with van der Waals surface area (Å²) in [4.78, 5) is 6.32. The number of aromatic nitrogens is 5. The standard InChI is InChI=1S/C21H21FN6O/c22-16-2-1-15-5-10-28(19(15)11-16)18-6-8-26(9-7-18)20-3-4-21(25-24-20)27-12-17(13-29)23-14-27/h1-5,10-12,14,18,29H,6-9,13H2. The predicted octanol–water partition coefficient (Wildman–Crippen LogP) is 3.09. The van der Waals surface area contributed by atoms with Gasteiger partial charge in [-0.1, -0.05) is 0 Å². The highest BCUT2D eigenvalue weighted by atomic mass is 19.1. The van der Waals surface area contributed by atoms with E-state index in [1.165, 1.54) is 6.07 Å². The second-order valence-electron chi connectivity index (χ2n) is 7.32. The molecule has 1 saturated heterocycles. The Labute approximate surface area is 167 Å². The zero-order valence-corrected chi connectivity index (χ0v) is 15.8. The van der Waals surface area contributed by atoms with Crippen molar-refractivity contribution in [1.29, 1.82) is 0 Å². The van der Waals surface area contributed by atoms with Crippen molar-refractivity contribution in [2.45, 2.75) is 25.5 Å². The van der Waals surface area contributed by atoms with Crippen LogP contribution in [0.15, 0.2) is 55.1 Å². The lowest BCUT2D eigenvalue weighted by atomic mass is 10.0. The summed E-state index contributed by atoms with van der Waals surface area (Å²) < 4.78 is 17.6. The molecular weight excluding hydrogens is 371 g/mol. The first-order valence-corrected chi connectivity index (χ1v) is 9.70. The minimum Gasteiger partial charge on any atom is -0.390 e. The zero-order valence-electron chi connectivity index (χ0n) is 15.8. The van der Waals surface area contributed by atoms with Gasteiger partial charge in [-0.2, -0.15) is 0 Å². The number of imidazole rings is 1. The molecule has 0 saturated carbocycles. The summed E-state index contributed by atoms with van der Waals surface area (Å²) >= 11 is 0. The quantitative estimate of drug-likeness (QED) is 0.578. The summed E-state index contributed by atoms with van der Waals surface area (Å²) in [6.07, 6.45) is 7.34.